The third kappa shape index (κ3) is 2.78. The minimum atomic E-state index is -0.365. The van der Waals surface area contributed by atoms with Gasteiger partial charge in [0, 0.05) is 12.1 Å². The molecule has 1 heterocycles. The molecule has 0 spiro atoms. The molecule has 0 aliphatic rings. The lowest BCUT2D eigenvalue weighted by Crippen LogP contribution is -2.19. The first-order chi connectivity index (χ1) is 9.41. The van der Waals surface area contributed by atoms with Gasteiger partial charge in [0.25, 0.3) is 0 Å². The molecule has 0 saturated heterocycles. The zero-order valence-corrected chi connectivity index (χ0v) is 12.4. The summed E-state index contributed by atoms with van der Waals surface area (Å²) in [6.45, 7) is 5.53. The summed E-state index contributed by atoms with van der Waals surface area (Å²) in [5.74, 6) is -0.365. The number of halogens is 1. The van der Waals surface area contributed by atoms with Gasteiger partial charge in [0.15, 0.2) is 5.16 Å². The Morgan fingerprint density at radius 3 is 2.70 bits per heavy atom. The minimum Gasteiger partial charge on any atom is -0.324 e. The van der Waals surface area contributed by atoms with E-state index in [2.05, 4.69) is 10.2 Å². The van der Waals surface area contributed by atoms with Gasteiger partial charge in [0.05, 0.1) is 4.90 Å². The van der Waals surface area contributed by atoms with Crippen molar-refractivity contribution >= 4 is 11.8 Å². The van der Waals surface area contributed by atoms with E-state index in [4.69, 9.17) is 5.73 Å². The van der Waals surface area contributed by atoms with Gasteiger partial charge in [0.2, 0.25) is 0 Å². The third-order valence-electron chi connectivity index (χ3n) is 2.87. The molecule has 0 radical (unpaired) electrons. The van der Waals surface area contributed by atoms with Gasteiger partial charge < -0.3 is 5.73 Å². The zero-order valence-electron chi connectivity index (χ0n) is 11.6. The van der Waals surface area contributed by atoms with Crippen LogP contribution in [0.4, 0.5) is 4.39 Å². The predicted octanol–water partition coefficient (Wildman–Crippen LogP) is 2.46. The van der Waals surface area contributed by atoms with Crippen molar-refractivity contribution in [2.45, 2.75) is 42.9 Å². The third-order valence-corrected chi connectivity index (χ3v) is 3.98. The molecule has 0 unspecified atom stereocenters. The van der Waals surface area contributed by atoms with Crippen molar-refractivity contribution in [3.63, 3.8) is 0 Å². The van der Waals surface area contributed by atoms with Gasteiger partial charge in [-0.25, -0.2) is 14.3 Å². The lowest BCUT2D eigenvalue weighted by Gasteiger charge is -2.14. The lowest BCUT2D eigenvalue weighted by atomic mass is 10.1. The summed E-state index contributed by atoms with van der Waals surface area (Å²) >= 11 is 1.11. The van der Waals surface area contributed by atoms with Crippen LogP contribution in [0.25, 0.3) is 0 Å². The van der Waals surface area contributed by atoms with Crippen LogP contribution in [0.15, 0.2) is 33.0 Å². The van der Waals surface area contributed by atoms with Crippen LogP contribution in [0.2, 0.25) is 0 Å². The Labute approximate surface area is 120 Å². The van der Waals surface area contributed by atoms with Crippen LogP contribution in [0.1, 0.15) is 38.4 Å². The van der Waals surface area contributed by atoms with Crippen LogP contribution in [-0.2, 0) is 0 Å². The Morgan fingerprint density at radius 1 is 1.40 bits per heavy atom. The first-order valence-electron chi connectivity index (χ1n) is 6.30. The second kappa shape index (κ2) is 5.80. The molecule has 7 heteroatoms. The Kier molecular flexibility index (Phi) is 4.29. The molecule has 0 aliphatic carbocycles. The summed E-state index contributed by atoms with van der Waals surface area (Å²) in [4.78, 5) is 12.1. The predicted molar refractivity (Wildman–Crippen MR) is 76.4 cm³/mol. The van der Waals surface area contributed by atoms with Gasteiger partial charge >= 0.3 is 5.69 Å². The van der Waals surface area contributed by atoms with Crippen LogP contribution in [0.3, 0.4) is 0 Å². The molecule has 0 aliphatic heterocycles. The normalized spacial score (nSPS) is 12.9. The number of H-pyrrole nitrogens is 1. The van der Waals surface area contributed by atoms with Gasteiger partial charge in [-0.2, -0.15) is 0 Å². The van der Waals surface area contributed by atoms with Crippen molar-refractivity contribution in [2.75, 3.05) is 0 Å². The van der Waals surface area contributed by atoms with Crippen molar-refractivity contribution in [3.05, 3.63) is 40.1 Å². The number of benzene rings is 1. The highest BCUT2D eigenvalue weighted by molar-refractivity contribution is 7.99. The number of nitrogens with one attached hydrogen (secondary N) is 1. The van der Waals surface area contributed by atoms with Crippen molar-refractivity contribution in [1.82, 2.24) is 14.8 Å². The van der Waals surface area contributed by atoms with Gasteiger partial charge in [-0.15, -0.1) is 5.10 Å². The fourth-order valence-corrected chi connectivity index (χ4v) is 3.10. The van der Waals surface area contributed by atoms with E-state index in [0.717, 1.165) is 11.8 Å². The first-order valence-corrected chi connectivity index (χ1v) is 7.12. The Bertz CT molecular complexity index is 663. The molecule has 20 heavy (non-hydrogen) atoms. The zero-order chi connectivity index (χ0) is 14.9. The Balaban J connectivity index is 2.48. The largest absolute Gasteiger partial charge is 0.344 e. The molecule has 0 bridgehead atoms. The maximum Gasteiger partial charge on any atom is 0.344 e. The summed E-state index contributed by atoms with van der Waals surface area (Å²) < 4.78 is 15.5. The standard InChI is InChI=1S/C13H17FN4OS/c1-7(2)18-12(19)16-17-13(18)20-11-9(8(3)15)5-4-6-10(11)14/h4-8H,15H2,1-3H3,(H,16,19)/t8-/m0/s1. The topological polar surface area (TPSA) is 76.7 Å². The molecule has 1 aromatic carbocycles. The quantitative estimate of drug-likeness (QED) is 0.908. The van der Waals surface area contributed by atoms with Crippen LogP contribution in [-0.4, -0.2) is 14.8 Å². The second-order valence-electron chi connectivity index (χ2n) is 4.82. The van der Waals surface area contributed by atoms with E-state index in [1.54, 1.807) is 19.1 Å². The maximum absolute atomic E-state index is 14.0. The Hall–Kier alpha value is -1.60. The van der Waals surface area contributed by atoms with Crippen LogP contribution < -0.4 is 11.4 Å². The van der Waals surface area contributed by atoms with Gasteiger partial charge in [-0.05, 0) is 44.2 Å². The second-order valence-corrected chi connectivity index (χ2v) is 5.80. The smallest absolute Gasteiger partial charge is 0.324 e. The monoisotopic (exact) mass is 296 g/mol. The van der Waals surface area contributed by atoms with Crippen LogP contribution >= 0.6 is 11.8 Å². The number of aromatic amines is 1. The molecule has 2 aromatic rings. The van der Waals surface area contributed by atoms with Crippen molar-refractivity contribution < 1.29 is 4.39 Å². The number of aromatic nitrogens is 3. The number of nitrogens with zero attached hydrogens (tertiary/aromatic N) is 2. The van der Waals surface area contributed by atoms with E-state index in [0.29, 0.717) is 15.6 Å². The summed E-state index contributed by atoms with van der Waals surface area (Å²) in [7, 11) is 0. The van der Waals surface area contributed by atoms with Crippen LogP contribution in [0.5, 0.6) is 0 Å². The van der Waals surface area contributed by atoms with E-state index >= 15 is 0 Å². The summed E-state index contributed by atoms with van der Waals surface area (Å²) in [5.41, 5.74) is 6.25. The Morgan fingerprint density at radius 2 is 2.10 bits per heavy atom. The van der Waals surface area contributed by atoms with Gasteiger partial charge in [-0.1, -0.05) is 12.1 Å². The maximum atomic E-state index is 14.0. The average molecular weight is 296 g/mol. The molecule has 1 aromatic heterocycles. The molecule has 0 amide bonds. The van der Waals surface area contributed by atoms with E-state index in [1.807, 2.05) is 13.8 Å². The molecular weight excluding hydrogens is 279 g/mol. The highest BCUT2D eigenvalue weighted by Crippen LogP contribution is 2.34. The van der Waals surface area contributed by atoms with Gasteiger partial charge in [-0.3, -0.25) is 4.57 Å². The fraction of sp³-hybridized carbons (Fsp3) is 0.385. The first kappa shape index (κ1) is 14.8. The highest BCUT2D eigenvalue weighted by atomic mass is 32.2. The molecule has 3 N–H and O–H groups in total. The number of nitrogens with two attached hydrogens (primary N) is 1. The number of hydrogen-bond acceptors (Lipinski definition) is 4. The number of rotatable bonds is 4. The van der Waals surface area contributed by atoms with E-state index in [9.17, 15) is 9.18 Å². The molecular formula is C13H17FN4OS. The summed E-state index contributed by atoms with van der Waals surface area (Å²) in [5, 5.41) is 6.77. The summed E-state index contributed by atoms with van der Waals surface area (Å²) in [6.07, 6.45) is 0. The molecule has 0 saturated carbocycles. The minimum absolute atomic E-state index is 0.0609. The lowest BCUT2D eigenvalue weighted by molar-refractivity contribution is 0.532. The molecule has 5 nitrogen and oxygen atoms in total. The van der Waals surface area contributed by atoms with Crippen molar-refractivity contribution in [1.29, 1.82) is 0 Å². The van der Waals surface area contributed by atoms with Crippen LogP contribution in [0, 0.1) is 5.82 Å². The van der Waals surface area contributed by atoms with Crippen molar-refractivity contribution in [3.8, 4) is 0 Å². The molecule has 0 fully saturated rings. The van der Waals surface area contributed by atoms with Gasteiger partial charge in [0.1, 0.15) is 5.82 Å². The van der Waals surface area contributed by atoms with E-state index < -0.39 is 0 Å². The number of hydrogen-bond donors (Lipinski definition) is 2. The SMILES string of the molecule is CC(C)n1c(Sc2c(F)cccc2[C@H](C)N)n[nH]c1=O. The fourth-order valence-electron chi connectivity index (χ4n) is 1.90. The molecule has 1 atom stereocenters. The van der Waals surface area contributed by atoms with Crippen molar-refractivity contribution in [2.24, 2.45) is 5.73 Å². The molecule has 2 rings (SSSR count). The molecule has 108 valence electrons. The highest BCUT2D eigenvalue weighted by Gasteiger charge is 2.18. The van der Waals surface area contributed by atoms with E-state index in [-0.39, 0.29) is 23.6 Å². The average Bonchev–Trinajstić information content (AvgIpc) is 2.72. The van der Waals surface area contributed by atoms with E-state index in [1.165, 1.54) is 10.6 Å². The summed E-state index contributed by atoms with van der Waals surface area (Å²) in [6, 6.07) is 4.41.